The normalized spacial score (nSPS) is 16.4. The number of carbonyl (C=O) groups excluding carboxylic acids is 2. The molecule has 0 unspecified atom stereocenters. The molecule has 23 heavy (non-hydrogen) atoms. The predicted octanol–water partition coefficient (Wildman–Crippen LogP) is 1.25. The number of aromatic nitrogens is 1. The highest BCUT2D eigenvalue weighted by molar-refractivity contribution is 7.99. The number of thioether (sulfide) groups is 1. The fourth-order valence-corrected chi connectivity index (χ4v) is 3.58. The highest BCUT2D eigenvalue weighted by Gasteiger charge is 2.46. The molecule has 8 heteroatoms. The van der Waals surface area contributed by atoms with E-state index >= 15 is 0 Å². The summed E-state index contributed by atoms with van der Waals surface area (Å²) in [6.07, 6.45) is 2.23. The van der Waals surface area contributed by atoms with Crippen LogP contribution in [0.2, 0.25) is 0 Å². The van der Waals surface area contributed by atoms with Crippen molar-refractivity contribution in [2.75, 3.05) is 16.8 Å². The largest absolute Gasteiger partial charge is 0.480 e. The molecule has 1 aliphatic heterocycles. The lowest BCUT2D eigenvalue weighted by molar-refractivity contribution is -0.156. The Morgan fingerprint density at radius 3 is 2.52 bits per heavy atom. The average molecular weight is 337 g/mol. The number of aliphatic carboxylic acids is 1. The minimum absolute atomic E-state index is 0.203. The number of rotatable bonds is 5. The number of carboxylic acids is 1. The zero-order valence-electron chi connectivity index (χ0n) is 12.8. The Bertz CT molecular complexity index is 597. The molecule has 124 valence electrons. The van der Waals surface area contributed by atoms with E-state index in [1.165, 1.54) is 13.1 Å². The van der Waals surface area contributed by atoms with Crippen molar-refractivity contribution in [1.82, 2.24) is 10.3 Å². The lowest BCUT2D eigenvalue weighted by Gasteiger charge is -2.31. The Hall–Kier alpha value is -2.09. The molecule has 2 heterocycles. The molecular weight excluding hydrogens is 318 g/mol. The molecule has 1 aromatic rings. The van der Waals surface area contributed by atoms with E-state index in [-0.39, 0.29) is 12.5 Å². The van der Waals surface area contributed by atoms with Crippen molar-refractivity contribution in [2.45, 2.75) is 26.3 Å². The number of nitrogens with one attached hydrogen (secondary N) is 2. The highest BCUT2D eigenvalue weighted by Crippen LogP contribution is 2.35. The van der Waals surface area contributed by atoms with E-state index < -0.39 is 17.3 Å². The molecule has 0 saturated carbocycles. The second-order valence-electron chi connectivity index (χ2n) is 5.42. The van der Waals surface area contributed by atoms with E-state index in [0.717, 1.165) is 5.56 Å². The number of anilines is 1. The van der Waals surface area contributed by atoms with Crippen LogP contribution in [0.25, 0.3) is 0 Å². The van der Waals surface area contributed by atoms with Crippen molar-refractivity contribution >= 4 is 35.4 Å². The van der Waals surface area contributed by atoms with Crippen molar-refractivity contribution < 1.29 is 19.5 Å². The topological polar surface area (TPSA) is 108 Å². The van der Waals surface area contributed by atoms with E-state index in [1.807, 2.05) is 0 Å². The summed E-state index contributed by atoms with van der Waals surface area (Å²) in [5.41, 5.74) is -0.590. The van der Waals surface area contributed by atoms with Crippen molar-refractivity contribution in [3.05, 3.63) is 23.9 Å². The Labute approximate surface area is 138 Å². The van der Waals surface area contributed by atoms with Crippen LogP contribution in [0.4, 0.5) is 5.82 Å². The number of hydrogen-bond acceptors (Lipinski definition) is 5. The van der Waals surface area contributed by atoms with Crippen molar-refractivity contribution in [3.8, 4) is 0 Å². The maximum Gasteiger partial charge on any atom is 0.319 e. The van der Waals surface area contributed by atoms with Crippen LogP contribution in [0, 0.1) is 5.41 Å². The maximum absolute atomic E-state index is 12.4. The summed E-state index contributed by atoms with van der Waals surface area (Å²) < 4.78 is 0. The summed E-state index contributed by atoms with van der Waals surface area (Å²) in [6.45, 7) is 1.60. The average Bonchev–Trinajstić information content (AvgIpc) is 2.54. The van der Waals surface area contributed by atoms with Gasteiger partial charge < -0.3 is 15.7 Å². The number of amides is 2. The molecule has 0 radical (unpaired) electrons. The van der Waals surface area contributed by atoms with Gasteiger partial charge in [-0.15, -0.1) is 0 Å². The number of carboxylic acid groups (broad SMARTS) is 1. The smallest absolute Gasteiger partial charge is 0.319 e. The van der Waals surface area contributed by atoms with E-state index in [0.29, 0.717) is 30.2 Å². The van der Waals surface area contributed by atoms with E-state index in [2.05, 4.69) is 15.6 Å². The van der Waals surface area contributed by atoms with Crippen LogP contribution in [0.15, 0.2) is 18.3 Å². The highest BCUT2D eigenvalue weighted by atomic mass is 32.2. The molecule has 2 amide bonds. The van der Waals surface area contributed by atoms with E-state index in [1.54, 1.807) is 23.9 Å². The SMILES string of the molecule is CC(=O)Nc1ccc(CNC(=O)C2(C(=O)O)CCSCC2)cn1. The molecule has 0 bridgehead atoms. The van der Waals surface area contributed by atoms with Crippen LogP contribution in [0.1, 0.15) is 25.3 Å². The van der Waals surface area contributed by atoms with Gasteiger partial charge in [-0.1, -0.05) is 6.07 Å². The lowest BCUT2D eigenvalue weighted by Crippen LogP contribution is -2.48. The summed E-state index contributed by atoms with van der Waals surface area (Å²) in [6, 6.07) is 3.36. The zero-order valence-corrected chi connectivity index (χ0v) is 13.6. The van der Waals surface area contributed by atoms with Crippen molar-refractivity contribution in [2.24, 2.45) is 5.41 Å². The lowest BCUT2D eigenvalue weighted by atomic mass is 9.81. The third-order valence-electron chi connectivity index (χ3n) is 3.77. The molecule has 3 N–H and O–H groups in total. The molecule has 1 aliphatic rings. The van der Waals surface area contributed by atoms with Gasteiger partial charge in [0.1, 0.15) is 11.2 Å². The molecule has 7 nitrogen and oxygen atoms in total. The van der Waals surface area contributed by atoms with Gasteiger partial charge in [-0.3, -0.25) is 14.4 Å². The van der Waals surface area contributed by atoms with Gasteiger partial charge in [-0.2, -0.15) is 11.8 Å². The quantitative estimate of drug-likeness (QED) is 0.698. The first-order valence-electron chi connectivity index (χ1n) is 7.26. The van der Waals surface area contributed by atoms with Crippen LogP contribution in [-0.4, -0.2) is 39.4 Å². The molecule has 0 spiro atoms. The third kappa shape index (κ3) is 4.22. The number of nitrogens with zero attached hydrogens (tertiary/aromatic N) is 1. The Balaban J connectivity index is 1.97. The summed E-state index contributed by atoms with van der Waals surface area (Å²) in [7, 11) is 0. The Morgan fingerprint density at radius 1 is 1.30 bits per heavy atom. The van der Waals surface area contributed by atoms with Crippen LogP contribution in [0.5, 0.6) is 0 Å². The molecule has 0 aliphatic carbocycles. The van der Waals surface area contributed by atoms with Gasteiger partial charge >= 0.3 is 5.97 Å². The molecule has 1 saturated heterocycles. The first-order valence-corrected chi connectivity index (χ1v) is 8.41. The molecule has 0 atom stereocenters. The molecular formula is C15H19N3O4S. The minimum Gasteiger partial charge on any atom is -0.480 e. The van der Waals surface area contributed by atoms with Crippen molar-refractivity contribution in [1.29, 1.82) is 0 Å². The maximum atomic E-state index is 12.4. The second-order valence-corrected chi connectivity index (χ2v) is 6.64. The molecule has 2 rings (SSSR count). The predicted molar refractivity (Wildman–Crippen MR) is 87.0 cm³/mol. The molecule has 0 aromatic carbocycles. The second kappa shape index (κ2) is 7.45. The number of carbonyl (C=O) groups is 3. The molecule has 1 fully saturated rings. The Kier molecular flexibility index (Phi) is 5.59. The van der Waals surface area contributed by atoms with Crippen LogP contribution >= 0.6 is 11.8 Å². The first-order chi connectivity index (χ1) is 10.9. The number of pyridine rings is 1. The number of hydrogen-bond donors (Lipinski definition) is 3. The fraction of sp³-hybridized carbons (Fsp3) is 0.467. The van der Waals surface area contributed by atoms with Crippen LogP contribution in [-0.2, 0) is 20.9 Å². The van der Waals surface area contributed by atoms with E-state index in [4.69, 9.17) is 0 Å². The van der Waals surface area contributed by atoms with Gasteiger partial charge in [0.05, 0.1) is 0 Å². The summed E-state index contributed by atoms with van der Waals surface area (Å²) in [5.74, 6) is 0.0565. The van der Waals surface area contributed by atoms with E-state index in [9.17, 15) is 19.5 Å². The first kappa shape index (κ1) is 17.3. The summed E-state index contributed by atoms with van der Waals surface area (Å²) >= 11 is 1.67. The zero-order chi connectivity index (χ0) is 16.9. The van der Waals surface area contributed by atoms with Gasteiger partial charge in [0, 0.05) is 19.7 Å². The van der Waals surface area contributed by atoms with Crippen LogP contribution in [0.3, 0.4) is 0 Å². The summed E-state index contributed by atoms with van der Waals surface area (Å²) in [4.78, 5) is 38.9. The third-order valence-corrected chi connectivity index (χ3v) is 4.76. The summed E-state index contributed by atoms with van der Waals surface area (Å²) in [5, 5.41) is 14.7. The van der Waals surface area contributed by atoms with Gasteiger partial charge in [-0.25, -0.2) is 4.98 Å². The van der Waals surface area contributed by atoms with Gasteiger partial charge in [-0.05, 0) is 36.0 Å². The Morgan fingerprint density at radius 2 is 2.00 bits per heavy atom. The van der Waals surface area contributed by atoms with Crippen LogP contribution < -0.4 is 10.6 Å². The van der Waals surface area contributed by atoms with Gasteiger partial charge in [0.15, 0.2) is 0 Å². The van der Waals surface area contributed by atoms with Gasteiger partial charge in [0.25, 0.3) is 0 Å². The fourth-order valence-electron chi connectivity index (χ4n) is 2.39. The van der Waals surface area contributed by atoms with Gasteiger partial charge in [0.2, 0.25) is 11.8 Å². The molecule has 1 aromatic heterocycles. The minimum atomic E-state index is -1.32. The van der Waals surface area contributed by atoms with Crippen molar-refractivity contribution in [3.63, 3.8) is 0 Å². The standard InChI is InChI=1S/C15H19N3O4S/c1-10(19)18-12-3-2-11(8-16-12)9-17-13(20)15(14(21)22)4-6-23-7-5-15/h2-3,8H,4-7,9H2,1H3,(H,17,20)(H,21,22)(H,16,18,19). The monoisotopic (exact) mass is 337 g/mol.